The minimum Gasteiger partial charge on any atom is -0.461 e. The summed E-state index contributed by atoms with van der Waals surface area (Å²) in [7, 11) is 0. The van der Waals surface area contributed by atoms with E-state index in [9.17, 15) is 25.2 Å². The molecule has 1 unspecified atom stereocenters. The molecule has 1 heterocycles. The van der Waals surface area contributed by atoms with Gasteiger partial charge in [0.1, 0.15) is 37.6 Å². The van der Waals surface area contributed by atoms with Crippen LogP contribution in [0.4, 0.5) is 0 Å². The van der Waals surface area contributed by atoms with Crippen LogP contribution >= 0.6 is 11.6 Å². The largest absolute Gasteiger partial charge is 0.461 e. The van der Waals surface area contributed by atoms with Crippen molar-refractivity contribution < 1.29 is 39.8 Å². The molecule has 0 radical (unpaired) electrons. The molecule has 3 rings (SSSR count). The van der Waals surface area contributed by atoms with Gasteiger partial charge < -0.3 is 35.0 Å². The molecule has 1 aliphatic heterocycles. The third kappa shape index (κ3) is 8.98. The van der Waals surface area contributed by atoms with Gasteiger partial charge in [0.05, 0.1) is 19.3 Å². The van der Waals surface area contributed by atoms with Gasteiger partial charge in [-0.25, -0.2) is 4.79 Å². The van der Waals surface area contributed by atoms with Crippen LogP contribution in [0.2, 0.25) is 5.02 Å². The summed E-state index contributed by atoms with van der Waals surface area (Å²) in [6.07, 6.45) is -6.81. The average Bonchev–Trinajstić information content (AvgIpc) is 2.95. The summed E-state index contributed by atoms with van der Waals surface area (Å²) < 4.78 is 10.3. The predicted octanol–water partition coefficient (Wildman–Crippen LogP) is 0.0427. The van der Waals surface area contributed by atoms with Crippen molar-refractivity contribution in [1.29, 1.82) is 0 Å². The van der Waals surface area contributed by atoms with Crippen molar-refractivity contribution in [3.8, 4) is 0 Å². The number of carbonyl (C=O) groups excluding carboxylic acids is 1. The quantitative estimate of drug-likeness (QED) is 0.161. The molecule has 11 heteroatoms. The fraction of sp³-hybridized carbons (Fsp3) is 0.519. The number of carbonyl (C=O) groups is 1. The van der Waals surface area contributed by atoms with Crippen LogP contribution in [0.25, 0.3) is 0 Å². The van der Waals surface area contributed by atoms with Crippen LogP contribution in [0.1, 0.15) is 17.2 Å². The molecule has 1 aliphatic rings. The van der Waals surface area contributed by atoms with Gasteiger partial charge in [-0.15, -0.1) is 0 Å². The highest BCUT2D eigenvalue weighted by Gasteiger charge is 2.31. The Hall–Kier alpha value is -2.12. The highest BCUT2D eigenvalue weighted by atomic mass is 35.5. The summed E-state index contributed by atoms with van der Waals surface area (Å²) in [4.78, 5) is 16.6. The minimum atomic E-state index is -1.79. The lowest BCUT2D eigenvalue weighted by Gasteiger charge is -2.39. The summed E-state index contributed by atoms with van der Waals surface area (Å²) in [5.41, 5.74) is 2.41. The molecule has 1 saturated heterocycles. The van der Waals surface area contributed by atoms with Gasteiger partial charge in [0.2, 0.25) is 0 Å². The van der Waals surface area contributed by atoms with Gasteiger partial charge in [0, 0.05) is 37.7 Å². The highest BCUT2D eigenvalue weighted by Crippen LogP contribution is 2.30. The number of ether oxygens (including phenoxy) is 2. The van der Waals surface area contributed by atoms with E-state index in [2.05, 4.69) is 34.1 Å². The second kappa shape index (κ2) is 15.5. The summed E-state index contributed by atoms with van der Waals surface area (Å²) in [5.74, 6) is -0.730. The lowest BCUT2D eigenvalue weighted by atomic mass is 9.96. The van der Waals surface area contributed by atoms with Crippen LogP contribution in [0.15, 0.2) is 54.6 Å². The average molecular weight is 553 g/mol. The van der Waals surface area contributed by atoms with E-state index < -0.39 is 43.6 Å². The van der Waals surface area contributed by atoms with E-state index in [-0.39, 0.29) is 12.6 Å². The zero-order valence-corrected chi connectivity index (χ0v) is 21.9. The topological polar surface area (TPSA) is 143 Å². The van der Waals surface area contributed by atoms with Crippen molar-refractivity contribution in [2.45, 2.75) is 30.5 Å². The molecule has 0 bridgehead atoms. The lowest BCUT2D eigenvalue weighted by Crippen LogP contribution is -2.48. The van der Waals surface area contributed by atoms with Crippen molar-refractivity contribution in [2.24, 2.45) is 0 Å². The second-order valence-electron chi connectivity index (χ2n) is 9.28. The molecular formula is C27H37ClN2O8. The van der Waals surface area contributed by atoms with Crippen LogP contribution < -0.4 is 0 Å². The van der Waals surface area contributed by atoms with Gasteiger partial charge in [-0.2, -0.15) is 0 Å². The minimum absolute atomic E-state index is 0.128. The molecule has 2 aromatic carbocycles. The van der Waals surface area contributed by atoms with E-state index in [1.54, 1.807) is 0 Å². The molecule has 0 amide bonds. The Balaban J connectivity index is 1.38. The molecular weight excluding hydrogens is 516 g/mol. The molecule has 38 heavy (non-hydrogen) atoms. The molecule has 0 spiro atoms. The summed E-state index contributed by atoms with van der Waals surface area (Å²) in [6.45, 7) is 2.68. The van der Waals surface area contributed by atoms with E-state index in [0.29, 0.717) is 18.2 Å². The molecule has 1 fully saturated rings. The van der Waals surface area contributed by atoms with Crippen molar-refractivity contribution in [2.75, 3.05) is 59.2 Å². The molecule has 5 N–H and O–H groups in total. The van der Waals surface area contributed by atoms with Gasteiger partial charge >= 0.3 is 5.97 Å². The van der Waals surface area contributed by atoms with Crippen molar-refractivity contribution >= 4 is 17.6 Å². The number of piperazine rings is 1. The SMILES string of the molecule is O=C(COCCN1CCN(C(c2ccccc2)c2ccc(Cl)cc2)CC1)OC[C@H](O)[C@@H](O)[C@H](O)[C@H](O)CO. The molecule has 0 saturated carbocycles. The van der Waals surface area contributed by atoms with Crippen LogP contribution in [-0.2, 0) is 14.3 Å². The van der Waals surface area contributed by atoms with Gasteiger partial charge in [-0.3, -0.25) is 9.80 Å². The van der Waals surface area contributed by atoms with E-state index in [0.717, 1.165) is 26.2 Å². The smallest absolute Gasteiger partial charge is 0.332 e. The number of aliphatic hydroxyl groups is 5. The van der Waals surface area contributed by atoms with Gasteiger partial charge in [-0.05, 0) is 23.3 Å². The molecule has 0 aromatic heterocycles. The number of nitrogens with zero attached hydrogens (tertiary/aromatic N) is 2. The third-order valence-electron chi connectivity index (χ3n) is 6.59. The fourth-order valence-corrected chi connectivity index (χ4v) is 4.50. The van der Waals surface area contributed by atoms with E-state index >= 15 is 0 Å². The van der Waals surface area contributed by atoms with Gasteiger partial charge in [0.15, 0.2) is 0 Å². The maximum absolute atomic E-state index is 11.9. The first-order valence-corrected chi connectivity index (χ1v) is 13.0. The lowest BCUT2D eigenvalue weighted by molar-refractivity contribution is -0.160. The molecule has 210 valence electrons. The molecule has 10 nitrogen and oxygen atoms in total. The monoisotopic (exact) mass is 552 g/mol. The van der Waals surface area contributed by atoms with E-state index in [1.807, 2.05) is 30.3 Å². The fourth-order valence-electron chi connectivity index (χ4n) is 4.37. The first kappa shape index (κ1) is 30.4. The Morgan fingerprint density at radius 3 is 2.11 bits per heavy atom. The first-order valence-electron chi connectivity index (χ1n) is 12.6. The van der Waals surface area contributed by atoms with Crippen molar-refractivity contribution in [3.63, 3.8) is 0 Å². The Labute approximate surface area is 227 Å². The Morgan fingerprint density at radius 1 is 0.868 bits per heavy atom. The standard InChI is InChI=1S/C27H37ClN2O8/c28-21-8-6-20(7-9-21)25(19-4-2-1-3-5-19)30-12-10-29(11-13-30)14-15-37-18-24(34)38-17-23(33)27(36)26(35)22(32)16-31/h1-9,22-23,25-27,31-33,35-36H,10-18H2/t22-,23+,25?,26-,27-/m1/s1. The van der Waals surface area contributed by atoms with Crippen LogP contribution in [-0.4, -0.2) is 125 Å². The summed E-state index contributed by atoms with van der Waals surface area (Å²) in [5, 5.41) is 48.0. The number of hydrogen-bond donors (Lipinski definition) is 5. The van der Waals surface area contributed by atoms with E-state index in [1.165, 1.54) is 11.1 Å². The maximum Gasteiger partial charge on any atom is 0.332 e. The number of hydrogen-bond acceptors (Lipinski definition) is 10. The number of halogens is 1. The number of esters is 1. The predicted molar refractivity (Wildman–Crippen MR) is 141 cm³/mol. The van der Waals surface area contributed by atoms with Gasteiger partial charge in [-0.1, -0.05) is 54.1 Å². The number of rotatable bonds is 14. The number of aliphatic hydroxyl groups excluding tert-OH is 5. The summed E-state index contributed by atoms with van der Waals surface area (Å²) in [6, 6.07) is 18.5. The highest BCUT2D eigenvalue weighted by molar-refractivity contribution is 6.30. The number of benzene rings is 2. The third-order valence-corrected chi connectivity index (χ3v) is 6.84. The zero-order chi connectivity index (χ0) is 27.5. The first-order chi connectivity index (χ1) is 18.3. The van der Waals surface area contributed by atoms with E-state index in [4.69, 9.17) is 26.2 Å². The normalized spacial score (nSPS) is 18.9. The zero-order valence-electron chi connectivity index (χ0n) is 21.2. The van der Waals surface area contributed by atoms with Crippen LogP contribution in [0, 0.1) is 0 Å². The van der Waals surface area contributed by atoms with Crippen molar-refractivity contribution in [1.82, 2.24) is 9.80 Å². The maximum atomic E-state index is 11.9. The Kier molecular flexibility index (Phi) is 12.4. The van der Waals surface area contributed by atoms with Crippen molar-refractivity contribution in [3.05, 3.63) is 70.7 Å². The molecule has 5 atom stereocenters. The van der Waals surface area contributed by atoms with Gasteiger partial charge in [0.25, 0.3) is 0 Å². The second-order valence-corrected chi connectivity index (χ2v) is 9.71. The van der Waals surface area contributed by atoms with Crippen LogP contribution in [0.3, 0.4) is 0 Å². The Bertz CT molecular complexity index is 959. The van der Waals surface area contributed by atoms with Crippen LogP contribution in [0.5, 0.6) is 0 Å². The molecule has 0 aliphatic carbocycles. The Morgan fingerprint density at radius 2 is 1.47 bits per heavy atom. The summed E-state index contributed by atoms with van der Waals surface area (Å²) >= 11 is 6.11. The molecule has 2 aromatic rings.